The van der Waals surface area contributed by atoms with E-state index in [2.05, 4.69) is 10.3 Å². The Morgan fingerprint density at radius 1 is 1.55 bits per heavy atom. The van der Waals surface area contributed by atoms with Crippen molar-refractivity contribution in [1.29, 1.82) is 0 Å². The summed E-state index contributed by atoms with van der Waals surface area (Å²) >= 11 is 0. The van der Waals surface area contributed by atoms with E-state index in [9.17, 15) is 14.4 Å². The second-order valence-corrected chi connectivity index (χ2v) is 1.94. The summed E-state index contributed by atoms with van der Waals surface area (Å²) < 4.78 is 0. The summed E-state index contributed by atoms with van der Waals surface area (Å²) in [5.74, 6) is -2.50. The maximum absolute atomic E-state index is 10.6. The topological polar surface area (TPSA) is 102 Å². The molecule has 0 aromatic heterocycles. The van der Waals surface area contributed by atoms with Gasteiger partial charge in [0.1, 0.15) is 6.42 Å². The molecular formula is C5H5N3O3. The predicted molar refractivity (Wildman–Crippen MR) is 34.4 cm³/mol. The van der Waals surface area contributed by atoms with Gasteiger partial charge < -0.3 is 11.1 Å². The third-order valence-electron chi connectivity index (χ3n) is 1.04. The molecule has 1 aliphatic rings. The minimum absolute atomic E-state index is 0.323. The molecule has 0 bridgehead atoms. The first-order chi connectivity index (χ1) is 5.09. The number of primary amides is 1. The number of carbonyl (C=O) groups excluding carboxylic acids is 3. The molecule has 3 amide bonds. The molecule has 0 fully saturated rings. The van der Waals surface area contributed by atoms with Crippen LogP contribution < -0.4 is 11.1 Å². The lowest BCUT2D eigenvalue weighted by Gasteiger charge is -2.07. The van der Waals surface area contributed by atoms with E-state index in [1.54, 1.807) is 0 Å². The molecule has 6 nitrogen and oxygen atoms in total. The Labute approximate surface area is 61.5 Å². The fraction of sp³-hybridized carbons (Fsp3) is 0.200. The summed E-state index contributed by atoms with van der Waals surface area (Å²) in [6, 6.07) is 0. The molecule has 0 atom stereocenters. The zero-order valence-corrected chi connectivity index (χ0v) is 5.46. The zero-order valence-electron chi connectivity index (χ0n) is 5.46. The van der Waals surface area contributed by atoms with E-state index in [1.807, 2.05) is 0 Å². The Balaban J connectivity index is 2.89. The second kappa shape index (κ2) is 2.49. The predicted octanol–water partition coefficient (Wildman–Crippen LogP) is -2.08. The summed E-state index contributed by atoms with van der Waals surface area (Å²) in [7, 11) is 0. The number of carbonyl (C=O) groups is 3. The van der Waals surface area contributed by atoms with Crippen LogP contribution in [0.2, 0.25) is 0 Å². The van der Waals surface area contributed by atoms with E-state index in [-0.39, 0.29) is 12.3 Å². The van der Waals surface area contributed by atoms with Crippen LogP contribution >= 0.6 is 0 Å². The number of hydrogen-bond acceptors (Lipinski definition) is 3. The maximum Gasteiger partial charge on any atom is 0.284 e. The minimum atomic E-state index is -0.911. The molecule has 11 heavy (non-hydrogen) atoms. The van der Waals surface area contributed by atoms with Gasteiger partial charge >= 0.3 is 0 Å². The van der Waals surface area contributed by atoms with Gasteiger partial charge in [-0.15, -0.1) is 0 Å². The molecule has 0 aromatic rings. The van der Waals surface area contributed by atoms with Crippen LogP contribution in [-0.2, 0) is 14.4 Å². The van der Waals surface area contributed by atoms with Crippen molar-refractivity contribution in [2.24, 2.45) is 10.7 Å². The third-order valence-corrected chi connectivity index (χ3v) is 1.04. The maximum atomic E-state index is 10.6. The first-order valence-electron chi connectivity index (χ1n) is 2.81. The number of amides is 3. The summed E-state index contributed by atoms with van der Waals surface area (Å²) in [5.41, 5.74) is 4.75. The van der Waals surface area contributed by atoms with Crippen molar-refractivity contribution < 1.29 is 14.4 Å². The van der Waals surface area contributed by atoms with Crippen LogP contribution in [-0.4, -0.2) is 23.6 Å². The van der Waals surface area contributed by atoms with Gasteiger partial charge in [0, 0.05) is 0 Å². The molecule has 3 N–H and O–H groups in total. The summed E-state index contributed by atoms with van der Waals surface area (Å²) in [4.78, 5) is 34.7. The molecule has 0 aliphatic carbocycles. The Hall–Kier alpha value is -1.72. The molecule has 1 heterocycles. The van der Waals surface area contributed by atoms with Crippen molar-refractivity contribution in [2.45, 2.75) is 6.42 Å². The van der Waals surface area contributed by atoms with Crippen LogP contribution in [0.5, 0.6) is 0 Å². The second-order valence-electron chi connectivity index (χ2n) is 1.94. The van der Waals surface area contributed by atoms with Gasteiger partial charge in [0.05, 0.1) is 0 Å². The molecule has 0 saturated carbocycles. The standard InChI is InChI=1S/C5H5N3O3/c6-4(11)5-7-2(9)1-3(10)8-5/h1H2,(H2,6,11)(H,7,8,9,10). The normalized spacial score (nSPS) is 17.3. The monoisotopic (exact) mass is 155 g/mol. The molecule has 0 radical (unpaired) electrons. The number of nitrogens with one attached hydrogen (secondary N) is 1. The van der Waals surface area contributed by atoms with Crippen LogP contribution in [0.15, 0.2) is 4.99 Å². The molecule has 0 aromatic carbocycles. The molecule has 1 aliphatic heterocycles. The van der Waals surface area contributed by atoms with E-state index in [4.69, 9.17) is 5.73 Å². The summed E-state index contributed by atoms with van der Waals surface area (Å²) in [5, 5.41) is 2.06. The highest BCUT2D eigenvalue weighted by Gasteiger charge is 2.20. The average molecular weight is 155 g/mol. The number of aliphatic imine (C=N–C) groups is 1. The quantitative estimate of drug-likeness (QED) is 0.424. The van der Waals surface area contributed by atoms with E-state index >= 15 is 0 Å². The summed E-state index contributed by atoms with van der Waals surface area (Å²) in [6.07, 6.45) is -0.323. The highest BCUT2D eigenvalue weighted by molar-refractivity contribution is 6.43. The van der Waals surface area contributed by atoms with Crippen molar-refractivity contribution >= 4 is 23.6 Å². The first-order valence-corrected chi connectivity index (χ1v) is 2.81. The van der Waals surface area contributed by atoms with Gasteiger partial charge in [-0.2, -0.15) is 4.99 Å². The number of rotatable bonds is 1. The molecule has 0 unspecified atom stereocenters. The smallest absolute Gasteiger partial charge is 0.284 e. The Kier molecular flexibility index (Phi) is 1.67. The van der Waals surface area contributed by atoms with Crippen molar-refractivity contribution in [1.82, 2.24) is 5.32 Å². The number of hydrogen-bond donors (Lipinski definition) is 2. The van der Waals surface area contributed by atoms with E-state index in [1.165, 1.54) is 0 Å². The van der Waals surface area contributed by atoms with E-state index in [0.717, 1.165) is 0 Å². The minimum Gasteiger partial charge on any atom is -0.363 e. The molecular weight excluding hydrogens is 150 g/mol. The molecule has 58 valence electrons. The van der Waals surface area contributed by atoms with Gasteiger partial charge in [-0.25, -0.2) is 0 Å². The van der Waals surface area contributed by atoms with Crippen molar-refractivity contribution in [3.63, 3.8) is 0 Å². The molecule has 6 heteroatoms. The van der Waals surface area contributed by atoms with Gasteiger partial charge in [-0.05, 0) is 0 Å². The van der Waals surface area contributed by atoms with Crippen LogP contribution in [0.3, 0.4) is 0 Å². The van der Waals surface area contributed by atoms with Crippen molar-refractivity contribution in [3.8, 4) is 0 Å². The molecule has 0 spiro atoms. The van der Waals surface area contributed by atoms with Gasteiger partial charge in [0.15, 0.2) is 0 Å². The number of amidine groups is 1. The number of nitrogens with two attached hydrogens (primary N) is 1. The van der Waals surface area contributed by atoms with Crippen LogP contribution in [0.1, 0.15) is 6.42 Å². The van der Waals surface area contributed by atoms with Gasteiger partial charge in [-0.3, -0.25) is 14.4 Å². The lowest BCUT2D eigenvalue weighted by atomic mass is 10.3. The van der Waals surface area contributed by atoms with Gasteiger partial charge in [-0.1, -0.05) is 0 Å². The van der Waals surface area contributed by atoms with E-state index < -0.39 is 17.7 Å². The fourth-order valence-electron chi connectivity index (χ4n) is 0.622. The average Bonchev–Trinajstić information content (AvgIpc) is 1.85. The highest BCUT2D eigenvalue weighted by atomic mass is 16.2. The number of nitrogens with zero attached hydrogens (tertiary/aromatic N) is 1. The first kappa shape index (κ1) is 7.39. The largest absolute Gasteiger partial charge is 0.363 e. The lowest BCUT2D eigenvalue weighted by molar-refractivity contribution is -0.128. The van der Waals surface area contributed by atoms with Crippen LogP contribution in [0, 0.1) is 0 Å². The molecule has 0 saturated heterocycles. The zero-order chi connectivity index (χ0) is 8.43. The Morgan fingerprint density at radius 3 is 2.64 bits per heavy atom. The molecule has 1 rings (SSSR count). The fourth-order valence-corrected chi connectivity index (χ4v) is 0.622. The highest BCUT2D eigenvalue weighted by Crippen LogP contribution is 1.92. The Morgan fingerprint density at radius 2 is 2.18 bits per heavy atom. The van der Waals surface area contributed by atoms with Crippen LogP contribution in [0.25, 0.3) is 0 Å². The lowest BCUT2D eigenvalue weighted by Crippen LogP contribution is -2.44. The Bertz CT molecular complexity index is 268. The SMILES string of the molecule is NC(=O)C1=NC(=O)CC(=O)N1. The van der Waals surface area contributed by atoms with Crippen molar-refractivity contribution in [2.75, 3.05) is 0 Å². The van der Waals surface area contributed by atoms with Crippen LogP contribution in [0.4, 0.5) is 0 Å². The van der Waals surface area contributed by atoms with E-state index in [0.29, 0.717) is 0 Å². The summed E-state index contributed by atoms with van der Waals surface area (Å²) in [6.45, 7) is 0. The van der Waals surface area contributed by atoms with Gasteiger partial charge in [0.25, 0.3) is 11.8 Å². The van der Waals surface area contributed by atoms with Crippen molar-refractivity contribution in [3.05, 3.63) is 0 Å². The van der Waals surface area contributed by atoms with Gasteiger partial charge in [0.2, 0.25) is 11.7 Å². The third kappa shape index (κ3) is 1.60.